The lowest BCUT2D eigenvalue weighted by Crippen LogP contribution is -2.13. The number of hydrogen-bond donors (Lipinski definition) is 1. The molecule has 1 heterocycles. The van der Waals surface area contributed by atoms with Crippen molar-refractivity contribution in [1.82, 2.24) is 9.36 Å². The van der Waals surface area contributed by atoms with E-state index in [1.807, 2.05) is 37.4 Å². The molecular weight excluding hydrogens is 326 g/mol. The van der Waals surface area contributed by atoms with E-state index in [1.165, 1.54) is 35.1 Å². The molecule has 0 saturated heterocycles. The lowest BCUT2D eigenvalue weighted by atomic mass is 10.3. The second-order valence-corrected chi connectivity index (χ2v) is 6.59. The number of thioether (sulfide) groups is 2. The molecule has 1 aromatic heterocycles. The molecule has 1 amide bonds. The summed E-state index contributed by atoms with van der Waals surface area (Å²) in [6.45, 7) is 2.56. The summed E-state index contributed by atoms with van der Waals surface area (Å²) in [4.78, 5) is 16.1. The van der Waals surface area contributed by atoms with Gasteiger partial charge >= 0.3 is 0 Å². The number of carbonyl (C=O) groups excluding carboxylic acids is 1. The Bertz CT molecular complexity index is 587. The van der Waals surface area contributed by atoms with Crippen LogP contribution in [0.15, 0.2) is 33.8 Å². The lowest BCUT2D eigenvalue weighted by Gasteiger charge is -2.06. The molecule has 2 rings (SSSR count). The molecule has 21 heavy (non-hydrogen) atoms. The average molecular weight is 341 g/mol. The first-order chi connectivity index (χ1) is 10.2. The van der Waals surface area contributed by atoms with Crippen LogP contribution in [0.4, 0.5) is 5.69 Å². The normalized spacial score (nSPS) is 10.4. The Morgan fingerprint density at radius 3 is 2.76 bits per heavy atom. The molecule has 0 bridgehead atoms. The topological polar surface area (TPSA) is 64.1 Å². The third kappa shape index (κ3) is 5.22. The Labute approximate surface area is 136 Å². The maximum absolute atomic E-state index is 11.9. The minimum Gasteiger partial charge on any atom is -0.494 e. The van der Waals surface area contributed by atoms with Crippen LogP contribution in [0.3, 0.4) is 0 Å². The van der Waals surface area contributed by atoms with E-state index in [0.29, 0.717) is 12.4 Å². The van der Waals surface area contributed by atoms with Gasteiger partial charge in [-0.15, -0.1) is 0 Å². The summed E-state index contributed by atoms with van der Waals surface area (Å²) in [6.07, 6.45) is 1.93. The maximum Gasteiger partial charge on any atom is 0.234 e. The highest BCUT2D eigenvalue weighted by Gasteiger charge is 2.08. The number of ether oxygens (including phenoxy) is 1. The number of anilines is 1. The fraction of sp³-hybridized carbons (Fsp3) is 0.308. The SMILES string of the molecule is CCOc1ccc(NC(=O)CSc2nc(SC)ns2)cc1. The van der Waals surface area contributed by atoms with Gasteiger partial charge in [0.15, 0.2) is 4.34 Å². The summed E-state index contributed by atoms with van der Waals surface area (Å²) in [5, 5.41) is 3.58. The highest BCUT2D eigenvalue weighted by Crippen LogP contribution is 2.23. The number of nitrogens with one attached hydrogen (secondary N) is 1. The van der Waals surface area contributed by atoms with Crippen LogP contribution in [-0.2, 0) is 4.79 Å². The summed E-state index contributed by atoms with van der Waals surface area (Å²) < 4.78 is 10.3. The van der Waals surface area contributed by atoms with Gasteiger partial charge in [-0.1, -0.05) is 23.5 Å². The van der Waals surface area contributed by atoms with Crippen molar-refractivity contribution >= 4 is 46.7 Å². The predicted octanol–water partition coefficient (Wildman–Crippen LogP) is 3.39. The zero-order valence-corrected chi connectivity index (χ0v) is 14.1. The standard InChI is InChI=1S/C13H15N3O2S3/c1-3-18-10-6-4-9(5-7-10)14-11(17)8-20-13-15-12(19-2)16-21-13/h4-7H,3,8H2,1-2H3,(H,14,17). The molecule has 0 radical (unpaired) electrons. The van der Waals surface area contributed by atoms with Crippen molar-refractivity contribution in [3.05, 3.63) is 24.3 Å². The van der Waals surface area contributed by atoms with E-state index in [2.05, 4.69) is 14.7 Å². The van der Waals surface area contributed by atoms with Crippen LogP contribution in [-0.4, -0.2) is 33.9 Å². The Morgan fingerprint density at radius 2 is 2.14 bits per heavy atom. The number of amides is 1. The van der Waals surface area contributed by atoms with E-state index in [-0.39, 0.29) is 5.91 Å². The Kier molecular flexibility index (Phi) is 6.34. The fourth-order valence-corrected chi connectivity index (χ4v) is 3.47. The van der Waals surface area contributed by atoms with Gasteiger partial charge in [-0.3, -0.25) is 4.79 Å². The van der Waals surface area contributed by atoms with E-state index < -0.39 is 0 Å². The van der Waals surface area contributed by atoms with Crippen molar-refractivity contribution in [2.24, 2.45) is 0 Å². The van der Waals surface area contributed by atoms with E-state index >= 15 is 0 Å². The lowest BCUT2D eigenvalue weighted by molar-refractivity contribution is -0.113. The van der Waals surface area contributed by atoms with Crippen molar-refractivity contribution in [3.63, 3.8) is 0 Å². The van der Waals surface area contributed by atoms with Crippen LogP contribution in [0.5, 0.6) is 5.75 Å². The van der Waals surface area contributed by atoms with Crippen molar-refractivity contribution in [2.45, 2.75) is 16.4 Å². The molecule has 0 aliphatic rings. The van der Waals surface area contributed by atoms with E-state index in [0.717, 1.165) is 20.9 Å². The van der Waals surface area contributed by atoms with Gasteiger partial charge in [-0.05, 0) is 49.0 Å². The Hall–Kier alpha value is -1.25. The van der Waals surface area contributed by atoms with Gasteiger partial charge in [0.05, 0.1) is 12.4 Å². The van der Waals surface area contributed by atoms with Crippen molar-refractivity contribution in [3.8, 4) is 5.75 Å². The van der Waals surface area contributed by atoms with Gasteiger partial charge in [-0.25, -0.2) is 4.98 Å². The van der Waals surface area contributed by atoms with Gasteiger partial charge in [0.2, 0.25) is 11.1 Å². The molecule has 0 atom stereocenters. The number of benzene rings is 1. The second kappa shape index (κ2) is 8.26. The van der Waals surface area contributed by atoms with Gasteiger partial charge in [0, 0.05) is 5.69 Å². The molecular formula is C13H15N3O2S3. The molecule has 2 aromatic rings. The summed E-state index contributed by atoms with van der Waals surface area (Å²) in [5.74, 6) is 1.05. The molecule has 1 N–H and O–H groups in total. The molecule has 8 heteroatoms. The fourth-order valence-electron chi connectivity index (χ4n) is 1.46. The first-order valence-electron chi connectivity index (χ1n) is 6.24. The highest BCUT2D eigenvalue weighted by atomic mass is 32.2. The molecule has 0 unspecified atom stereocenters. The number of hydrogen-bond acceptors (Lipinski definition) is 7. The molecule has 0 aliphatic heterocycles. The van der Waals surface area contributed by atoms with Crippen molar-refractivity contribution in [1.29, 1.82) is 0 Å². The summed E-state index contributed by atoms with van der Waals surface area (Å²) in [7, 11) is 0. The van der Waals surface area contributed by atoms with Crippen LogP contribution in [0.2, 0.25) is 0 Å². The minimum absolute atomic E-state index is 0.0648. The quantitative estimate of drug-likeness (QED) is 0.779. The van der Waals surface area contributed by atoms with Crippen LogP contribution in [0.1, 0.15) is 6.92 Å². The van der Waals surface area contributed by atoms with Crippen LogP contribution < -0.4 is 10.1 Å². The van der Waals surface area contributed by atoms with Crippen LogP contribution >= 0.6 is 35.1 Å². The molecule has 0 saturated carbocycles. The number of rotatable bonds is 7. The van der Waals surface area contributed by atoms with E-state index in [1.54, 1.807) is 0 Å². The first kappa shape index (κ1) is 16.1. The number of nitrogens with zero attached hydrogens (tertiary/aromatic N) is 2. The zero-order chi connectivity index (χ0) is 15.1. The Morgan fingerprint density at radius 1 is 1.38 bits per heavy atom. The maximum atomic E-state index is 11.9. The second-order valence-electron chi connectivity index (χ2n) is 3.84. The van der Waals surface area contributed by atoms with E-state index in [4.69, 9.17) is 4.74 Å². The number of aromatic nitrogens is 2. The minimum atomic E-state index is -0.0648. The zero-order valence-electron chi connectivity index (χ0n) is 11.7. The molecule has 0 fully saturated rings. The van der Waals surface area contributed by atoms with E-state index in [9.17, 15) is 4.79 Å². The van der Waals surface area contributed by atoms with Gasteiger partial charge in [0.25, 0.3) is 0 Å². The third-order valence-corrected chi connectivity index (χ3v) is 4.84. The molecule has 0 spiro atoms. The van der Waals surface area contributed by atoms with Gasteiger partial charge < -0.3 is 10.1 Å². The molecule has 112 valence electrons. The van der Waals surface area contributed by atoms with Crippen molar-refractivity contribution < 1.29 is 9.53 Å². The number of carbonyl (C=O) groups is 1. The van der Waals surface area contributed by atoms with Crippen LogP contribution in [0, 0.1) is 0 Å². The predicted molar refractivity (Wildman–Crippen MR) is 88.7 cm³/mol. The highest BCUT2D eigenvalue weighted by molar-refractivity contribution is 8.01. The first-order valence-corrected chi connectivity index (χ1v) is 9.23. The molecule has 5 nitrogen and oxygen atoms in total. The molecule has 1 aromatic carbocycles. The summed E-state index contributed by atoms with van der Waals surface area (Å²) in [5.41, 5.74) is 0.756. The summed E-state index contributed by atoms with van der Waals surface area (Å²) >= 11 is 4.20. The summed E-state index contributed by atoms with van der Waals surface area (Å²) in [6, 6.07) is 7.32. The monoisotopic (exact) mass is 341 g/mol. The Balaban J connectivity index is 1.81. The largest absolute Gasteiger partial charge is 0.494 e. The average Bonchev–Trinajstić information content (AvgIpc) is 2.96. The van der Waals surface area contributed by atoms with Gasteiger partial charge in [-0.2, -0.15) is 4.37 Å². The van der Waals surface area contributed by atoms with Gasteiger partial charge in [0.1, 0.15) is 5.75 Å². The smallest absolute Gasteiger partial charge is 0.234 e. The third-order valence-electron chi connectivity index (χ3n) is 2.35. The van der Waals surface area contributed by atoms with Crippen LogP contribution in [0.25, 0.3) is 0 Å². The van der Waals surface area contributed by atoms with Crippen molar-refractivity contribution in [2.75, 3.05) is 23.9 Å². The molecule has 0 aliphatic carbocycles.